The van der Waals surface area contributed by atoms with E-state index in [1.54, 1.807) is 11.8 Å². The molecular formula is C10H12FNO2S2. The fourth-order valence-corrected chi connectivity index (χ4v) is 4.46. The smallest absolute Gasteiger partial charge is 0.212 e. The van der Waals surface area contributed by atoms with E-state index in [2.05, 4.69) is 0 Å². The number of nitrogens with zero attached hydrogens (tertiary/aromatic N) is 1. The van der Waals surface area contributed by atoms with E-state index in [1.165, 1.54) is 28.6 Å². The molecular weight excluding hydrogens is 249 g/mol. The molecule has 0 saturated carbocycles. The molecule has 88 valence electrons. The van der Waals surface area contributed by atoms with Gasteiger partial charge in [0.25, 0.3) is 0 Å². The number of halogens is 1. The van der Waals surface area contributed by atoms with Crippen LogP contribution in [0.15, 0.2) is 24.3 Å². The highest BCUT2D eigenvalue weighted by molar-refractivity contribution is 8.00. The predicted octanol–water partition coefficient (Wildman–Crippen LogP) is 1.66. The van der Waals surface area contributed by atoms with Gasteiger partial charge in [-0.05, 0) is 17.7 Å². The number of rotatable bonds is 3. The second-order valence-corrected chi connectivity index (χ2v) is 6.64. The van der Waals surface area contributed by atoms with Crippen molar-refractivity contribution >= 4 is 21.8 Å². The maximum Gasteiger partial charge on any atom is 0.219 e. The van der Waals surface area contributed by atoms with Gasteiger partial charge < -0.3 is 0 Å². The van der Waals surface area contributed by atoms with Crippen molar-refractivity contribution in [3.63, 3.8) is 0 Å². The standard InChI is InChI=1S/C10H12FNO2S2/c11-10-3-1-9(2-4-10)7-16(13,14)12-5-6-15-8-12/h1-4H,5-8H2. The van der Waals surface area contributed by atoms with Crippen LogP contribution in [0.3, 0.4) is 0 Å². The molecule has 0 aliphatic carbocycles. The third kappa shape index (κ3) is 2.75. The Bertz CT molecular complexity index is 452. The van der Waals surface area contributed by atoms with E-state index in [-0.39, 0.29) is 11.6 Å². The fraction of sp³-hybridized carbons (Fsp3) is 0.400. The van der Waals surface area contributed by atoms with Crippen LogP contribution >= 0.6 is 11.8 Å². The molecule has 0 atom stereocenters. The maximum atomic E-state index is 12.7. The molecule has 3 nitrogen and oxygen atoms in total. The first kappa shape index (κ1) is 11.9. The van der Waals surface area contributed by atoms with Crippen LogP contribution in [0.25, 0.3) is 0 Å². The zero-order valence-electron chi connectivity index (χ0n) is 8.60. The summed E-state index contributed by atoms with van der Waals surface area (Å²) in [4.78, 5) is 0. The molecule has 1 heterocycles. The molecule has 0 N–H and O–H groups in total. The predicted molar refractivity (Wildman–Crippen MR) is 63.1 cm³/mol. The molecule has 0 radical (unpaired) electrons. The van der Waals surface area contributed by atoms with Crippen LogP contribution in [0.1, 0.15) is 5.56 Å². The second-order valence-electron chi connectivity index (χ2n) is 3.60. The number of hydrogen-bond donors (Lipinski definition) is 0. The Morgan fingerprint density at radius 1 is 1.31 bits per heavy atom. The number of thioether (sulfide) groups is 1. The van der Waals surface area contributed by atoms with E-state index in [0.29, 0.717) is 18.0 Å². The first-order valence-corrected chi connectivity index (χ1v) is 7.64. The van der Waals surface area contributed by atoms with Gasteiger partial charge in [-0.2, -0.15) is 4.31 Å². The Balaban J connectivity index is 2.11. The van der Waals surface area contributed by atoms with Gasteiger partial charge in [0.2, 0.25) is 10.0 Å². The zero-order valence-corrected chi connectivity index (χ0v) is 10.2. The molecule has 0 spiro atoms. The summed E-state index contributed by atoms with van der Waals surface area (Å²) in [5.74, 6) is 0.984. The first-order valence-electron chi connectivity index (χ1n) is 4.88. The van der Waals surface area contributed by atoms with Gasteiger partial charge in [0, 0.05) is 12.3 Å². The van der Waals surface area contributed by atoms with Crippen LogP contribution < -0.4 is 0 Å². The zero-order chi connectivity index (χ0) is 11.6. The highest BCUT2D eigenvalue weighted by Crippen LogP contribution is 2.20. The first-order chi connectivity index (χ1) is 7.58. The number of benzene rings is 1. The van der Waals surface area contributed by atoms with E-state index >= 15 is 0 Å². The number of sulfonamides is 1. The Morgan fingerprint density at radius 3 is 2.56 bits per heavy atom. The lowest BCUT2D eigenvalue weighted by Crippen LogP contribution is -2.29. The maximum absolute atomic E-state index is 12.7. The van der Waals surface area contributed by atoms with Gasteiger partial charge in [-0.1, -0.05) is 12.1 Å². The van der Waals surface area contributed by atoms with E-state index in [0.717, 1.165) is 5.75 Å². The molecule has 0 unspecified atom stereocenters. The van der Waals surface area contributed by atoms with Crippen molar-refractivity contribution in [1.29, 1.82) is 0 Å². The van der Waals surface area contributed by atoms with Crippen LogP contribution in [0, 0.1) is 5.82 Å². The van der Waals surface area contributed by atoms with Crippen LogP contribution in [-0.4, -0.2) is 30.9 Å². The molecule has 0 aromatic heterocycles. The molecule has 0 bridgehead atoms. The van der Waals surface area contributed by atoms with E-state index < -0.39 is 10.0 Å². The van der Waals surface area contributed by atoms with Crippen molar-refractivity contribution in [1.82, 2.24) is 4.31 Å². The molecule has 1 aromatic carbocycles. The second kappa shape index (κ2) is 4.73. The lowest BCUT2D eigenvalue weighted by atomic mass is 10.2. The minimum atomic E-state index is -3.24. The van der Waals surface area contributed by atoms with Gasteiger partial charge in [0.1, 0.15) is 5.82 Å². The number of hydrogen-bond acceptors (Lipinski definition) is 3. The van der Waals surface area contributed by atoms with E-state index in [9.17, 15) is 12.8 Å². The molecule has 1 saturated heterocycles. The molecule has 0 amide bonds. The summed E-state index contributed by atoms with van der Waals surface area (Å²) in [6.07, 6.45) is 0. The Labute approximate surface area is 98.7 Å². The van der Waals surface area contributed by atoms with Crippen molar-refractivity contribution < 1.29 is 12.8 Å². The highest BCUT2D eigenvalue weighted by atomic mass is 32.2. The third-order valence-corrected chi connectivity index (χ3v) is 5.30. The normalized spacial score (nSPS) is 17.8. The Hall–Kier alpha value is -0.590. The topological polar surface area (TPSA) is 37.4 Å². The summed E-state index contributed by atoms with van der Waals surface area (Å²) in [6.45, 7) is 0.578. The molecule has 1 aliphatic rings. The molecule has 2 rings (SSSR count). The van der Waals surface area contributed by atoms with Gasteiger partial charge in [0.15, 0.2) is 0 Å². The summed E-state index contributed by atoms with van der Waals surface area (Å²) in [5, 5.41) is 0. The van der Waals surface area contributed by atoms with E-state index in [4.69, 9.17) is 0 Å². The lowest BCUT2D eigenvalue weighted by molar-refractivity contribution is 0.488. The summed E-state index contributed by atoms with van der Waals surface area (Å²) in [5.41, 5.74) is 0.623. The van der Waals surface area contributed by atoms with Crippen LogP contribution in [0.2, 0.25) is 0 Å². The van der Waals surface area contributed by atoms with Crippen molar-refractivity contribution in [3.05, 3.63) is 35.6 Å². The van der Waals surface area contributed by atoms with Crippen molar-refractivity contribution in [2.75, 3.05) is 18.2 Å². The van der Waals surface area contributed by atoms with Crippen LogP contribution in [0.4, 0.5) is 4.39 Å². The lowest BCUT2D eigenvalue weighted by Gasteiger charge is -2.14. The molecule has 1 fully saturated rings. The molecule has 1 aliphatic heterocycles. The van der Waals surface area contributed by atoms with Crippen molar-refractivity contribution in [2.24, 2.45) is 0 Å². The van der Waals surface area contributed by atoms with Gasteiger partial charge in [-0.15, -0.1) is 11.8 Å². The third-order valence-electron chi connectivity index (χ3n) is 2.38. The quantitative estimate of drug-likeness (QED) is 0.830. The summed E-state index contributed by atoms with van der Waals surface area (Å²) in [7, 11) is -3.24. The molecule has 6 heteroatoms. The van der Waals surface area contributed by atoms with Gasteiger partial charge in [-0.25, -0.2) is 12.8 Å². The largest absolute Gasteiger partial charge is 0.219 e. The van der Waals surface area contributed by atoms with Crippen molar-refractivity contribution in [3.8, 4) is 0 Å². The fourth-order valence-electron chi connectivity index (χ4n) is 1.50. The van der Waals surface area contributed by atoms with E-state index in [1.807, 2.05) is 0 Å². The SMILES string of the molecule is O=S(=O)(Cc1ccc(F)cc1)N1CCSC1. The summed E-state index contributed by atoms with van der Waals surface area (Å²) >= 11 is 1.61. The average molecular weight is 261 g/mol. The Morgan fingerprint density at radius 2 is 2.00 bits per heavy atom. The van der Waals surface area contributed by atoms with Crippen molar-refractivity contribution in [2.45, 2.75) is 5.75 Å². The average Bonchev–Trinajstić information content (AvgIpc) is 2.75. The Kier molecular flexibility index (Phi) is 3.51. The monoisotopic (exact) mass is 261 g/mol. The van der Waals surface area contributed by atoms with Gasteiger partial charge in [0.05, 0.1) is 11.6 Å². The minimum absolute atomic E-state index is 0.0478. The van der Waals surface area contributed by atoms with Gasteiger partial charge in [-0.3, -0.25) is 0 Å². The van der Waals surface area contributed by atoms with Gasteiger partial charge >= 0.3 is 0 Å². The highest BCUT2D eigenvalue weighted by Gasteiger charge is 2.25. The minimum Gasteiger partial charge on any atom is -0.212 e. The molecule has 16 heavy (non-hydrogen) atoms. The van der Waals surface area contributed by atoms with Crippen LogP contribution in [-0.2, 0) is 15.8 Å². The summed E-state index contributed by atoms with van der Waals surface area (Å²) < 4.78 is 37.9. The summed E-state index contributed by atoms with van der Waals surface area (Å²) in [6, 6.07) is 5.58. The van der Waals surface area contributed by atoms with Crippen LogP contribution in [0.5, 0.6) is 0 Å². The molecule has 1 aromatic rings.